The molecule has 0 unspecified atom stereocenters. The summed E-state index contributed by atoms with van der Waals surface area (Å²) >= 11 is 0. The maximum atomic E-state index is 12.0. The summed E-state index contributed by atoms with van der Waals surface area (Å²) in [6, 6.07) is 0.341. The highest BCUT2D eigenvalue weighted by molar-refractivity contribution is 5.68. The summed E-state index contributed by atoms with van der Waals surface area (Å²) in [6.07, 6.45) is 8.23. The summed E-state index contributed by atoms with van der Waals surface area (Å²) < 4.78 is 5.32. The van der Waals surface area contributed by atoms with Crippen LogP contribution in [0.4, 0.5) is 4.79 Å². The molecule has 3 heteroatoms. The van der Waals surface area contributed by atoms with Crippen molar-refractivity contribution >= 4 is 6.09 Å². The highest BCUT2D eigenvalue weighted by Gasteiger charge is 2.27. The molecule has 0 saturated heterocycles. The zero-order valence-corrected chi connectivity index (χ0v) is 11.9. The van der Waals surface area contributed by atoms with Crippen LogP contribution in [0.1, 0.15) is 52.4 Å². The molecule has 0 aromatic heterocycles. The van der Waals surface area contributed by atoms with Crippen LogP contribution < -0.4 is 0 Å². The summed E-state index contributed by atoms with van der Waals surface area (Å²) in [5.74, 6) is 0.794. The number of unbranched alkanes of at least 4 members (excludes halogenated alkanes) is 1. The summed E-state index contributed by atoms with van der Waals surface area (Å²) in [7, 11) is 0. The van der Waals surface area contributed by atoms with E-state index in [1.165, 1.54) is 12.8 Å². The molecule has 1 aliphatic rings. The number of ether oxygens (including phenoxy) is 1. The quantitative estimate of drug-likeness (QED) is 0.529. The van der Waals surface area contributed by atoms with Gasteiger partial charge in [0.15, 0.2) is 0 Å². The van der Waals surface area contributed by atoms with Gasteiger partial charge >= 0.3 is 6.09 Å². The molecule has 0 bridgehead atoms. The normalized spacial score (nSPS) is 23.4. The van der Waals surface area contributed by atoms with Crippen molar-refractivity contribution < 1.29 is 9.53 Å². The lowest BCUT2D eigenvalue weighted by molar-refractivity contribution is 0.0777. The van der Waals surface area contributed by atoms with Gasteiger partial charge in [0, 0.05) is 12.6 Å². The third-order valence-corrected chi connectivity index (χ3v) is 3.71. The van der Waals surface area contributed by atoms with Gasteiger partial charge in [-0.3, -0.25) is 0 Å². The predicted octanol–water partition coefficient (Wildman–Crippen LogP) is 3.99. The number of rotatable bonds is 6. The molecule has 0 aromatic carbocycles. The van der Waals surface area contributed by atoms with Crippen LogP contribution in [0.15, 0.2) is 12.7 Å². The first kappa shape index (κ1) is 15.1. The van der Waals surface area contributed by atoms with Gasteiger partial charge in [0.25, 0.3) is 0 Å². The van der Waals surface area contributed by atoms with Crippen molar-refractivity contribution in [1.29, 1.82) is 0 Å². The SMILES string of the molecule is C=CCN(C(=O)OCCCC)[C@H]1CC[C@H](C)CC1. The van der Waals surface area contributed by atoms with E-state index in [2.05, 4.69) is 20.4 Å². The molecule has 0 aliphatic heterocycles. The number of hydrogen-bond acceptors (Lipinski definition) is 2. The van der Waals surface area contributed by atoms with Crippen LogP contribution in [0.3, 0.4) is 0 Å². The molecule has 1 amide bonds. The Kier molecular flexibility index (Phi) is 6.84. The molecule has 0 atom stereocenters. The second kappa shape index (κ2) is 8.17. The topological polar surface area (TPSA) is 29.5 Å². The van der Waals surface area contributed by atoms with Gasteiger partial charge in [0.2, 0.25) is 0 Å². The third kappa shape index (κ3) is 4.71. The highest BCUT2D eigenvalue weighted by atomic mass is 16.6. The van der Waals surface area contributed by atoms with Crippen LogP contribution in [-0.4, -0.2) is 30.2 Å². The fourth-order valence-corrected chi connectivity index (χ4v) is 2.45. The van der Waals surface area contributed by atoms with Crippen molar-refractivity contribution in [3.63, 3.8) is 0 Å². The summed E-state index contributed by atoms with van der Waals surface area (Å²) in [5, 5.41) is 0. The van der Waals surface area contributed by atoms with E-state index < -0.39 is 0 Å². The van der Waals surface area contributed by atoms with Crippen molar-refractivity contribution in [3.8, 4) is 0 Å². The van der Waals surface area contributed by atoms with Gasteiger partial charge in [-0.1, -0.05) is 26.3 Å². The van der Waals surface area contributed by atoms with E-state index in [9.17, 15) is 4.79 Å². The van der Waals surface area contributed by atoms with E-state index in [0.29, 0.717) is 19.2 Å². The fraction of sp³-hybridized carbons (Fsp3) is 0.800. The minimum Gasteiger partial charge on any atom is -0.449 e. The molecular weight excluding hydrogens is 226 g/mol. The lowest BCUT2D eigenvalue weighted by atomic mass is 9.87. The second-order valence-electron chi connectivity index (χ2n) is 5.32. The van der Waals surface area contributed by atoms with Gasteiger partial charge in [-0.05, 0) is 38.0 Å². The Morgan fingerprint density at radius 2 is 2.06 bits per heavy atom. The van der Waals surface area contributed by atoms with E-state index in [1.54, 1.807) is 6.08 Å². The first-order valence-electron chi connectivity index (χ1n) is 7.23. The predicted molar refractivity (Wildman–Crippen MR) is 74.6 cm³/mol. The van der Waals surface area contributed by atoms with E-state index in [0.717, 1.165) is 31.6 Å². The minimum atomic E-state index is -0.164. The molecule has 1 fully saturated rings. The molecule has 0 spiro atoms. The van der Waals surface area contributed by atoms with Crippen molar-refractivity contribution in [2.75, 3.05) is 13.2 Å². The summed E-state index contributed by atoms with van der Waals surface area (Å²) in [5.41, 5.74) is 0. The van der Waals surface area contributed by atoms with Gasteiger partial charge in [-0.2, -0.15) is 0 Å². The van der Waals surface area contributed by atoms with Crippen LogP contribution in [0, 0.1) is 5.92 Å². The van der Waals surface area contributed by atoms with Crippen molar-refractivity contribution in [2.24, 2.45) is 5.92 Å². The van der Waals surface area contributed by atoms with Crippen LogP contribution in [0.2, 0.25) is 0 Å². The largest absolute Gasteiger partial charge is 0.449 e. The molecule has 0 N–H and O–H groups in total. The summed E-state index contributed by atoms with van der Waals surface area (Å²) in [6.45, 7) is 9.26. The van der Waals surface area contributed by atoms with Gasteiger partial charge in [0.05, 0.1) is 6.61 Å². The van der Waals surface area contributed by atoms with E-state index >= 15 is 0 Å². The van der Waals surface area contributed by atoms with E-state index in [-0.39, 0.29) is 6.09 Å². The number of nitrogens with zero attached hydrogens (tertiary/aromatic N) is 1. The average Bonchev–Trinajstić information content (AvgIpc) is 2.37. The molecule has 0 radical (unpaired) electrons. The van der Waals surface area contributed by atoms with Crippen LogP contribution >= 0.6 is 0 Å². The molecular formula is C15H27NO2. The minimum absolute atomic E-state index is 0.164. The Bertz CT molecular complexity index is 257. The lowest BCUT2D eigenvalue weighted by Gasteiger charge is -2.34. The van der Waals surface area contributed by atoms with Crippen LogP contribution in [0.5, 0.6) is 0 Å². The first-order chi connectivity index (χ1) is 8.69. The first-order valence-corrected chi connectivity index (χ1v) is 7.23. The Morgan fingerprint density at radius 1 is 1.39 bits per heavy atom. The molecule has 1 saturated carbocycles. The lowest BCUT2D eigenvalue weighted by Crippen LogP contribution is -2.42. The standard InChI is InChI=1S/C15H27NO2/c1-4-6-12-18-15(17)16(11-5-2)14-9-7-13(3)8-10-14/h5,13-14H,2,4,6-12H2,1,3H3/t13-,14-. The van der Waals surface area contributed by atoms with Gasteiger partial charge in [-0.15, -0.1) is 6.58 Å². The number of carbonyl (C=O) groups is 1. The number of hydrogen-bond donors (Lipinski definition) is 0. The molecule has 104 valence electrons. The molecule has 0 aromatic rings. The Balaban J connectivity index is 2.47. The number of carbonyl (C=O) groups excluding carboxylic acids is 1. The van der Waals surface area contributed by atoms with Crippen LogP contribution in [0.25, 0.3) is 0 Å². The monoisotopic (exact) mass is 253 g/mol. The molecule has 1 aliphatic carbocycles. The summed E-state index contributed by atoms with van der Waals surface area (Å²) in [4.78, 5) is 13.9. The number of amides is 1. The molecule has 0 heterocycles. The smallest absolute Gasteiger partial charge is 0.410 e. The van der Waals surface area contributed by atoms with Crippen LogP contribution in [-0.2, 0) is 4.74 Å². The molecule has 18 heavy (non-hydrogen) atoms. The maximum absolute atomic E-state index is 12.0. The highest BCUT2D eigenvalue weighted by Crippen LogP contribution is 2.27. The average molecular weight is 253 g/mol. The van der Waals surface area contributed by atoms with E-state index in [4.69, 9.17) is 4.74 Å². The van der Waals surface area contributed by atoms with Gasteiger partial charge < -0.3 is 9.64 Å². The van der Waals surface area contributed by atoms with Gasteiger partial charge in [0.1, 0.15) is 0 Å². The van der Waals surface area contributed by atoms with Crippen molar-refractivity contribution in [1.82, 2.24) is 4.90 Å². The van der Waals surface area contributed by atoms with E-state index in [1.807, 2.05) is 4.90 Å². The Morgan fingerprint density at radius 3 is 2.61 bits per heavy atom. The maximum Gasteiger partial charge on any atom is 0.410 e. The fourth-order valence-electron chi connectivity index (χ4n) is 2.45. The second-order valence-corrected chi connectivity index (χ2v) is 5.32. The third-order valence-electron chi connectivity index (χ3n) is 3.71. The van der Waals surface area contributed by atoms with Crippen molar-refractivity contribution in [2.45, 2.75) is 58.4 Å². The Labute approximate surface area is 111 Å². The zero-order chi connectivity index (χ0) is 13.4. The molecule has 3 nitrogen and oxygen atoms in total. The zero-order valence-electron chi connectivity index (χ0n) is 11.9. The Hall–Kier alpha value is -0.990. The molecule has 1 rings (SSSR count). The van der Waals surface area contributed by atoms with Gasteiger partial charge in [-0.25, -0.2) is 4.79 Å². The van der Waals surface area contributed by atoms with Crippen molar-refractivity contribution in [3.05, 3.63) is 12.7 Å².